The van der Waals surface area contributed by atoms with Gasteiger partial charge in [-0.2, -0.15) is 0 Å². The maximum absolute atomic E-state index is 12.0. The molecule has 0 fully saturated rings. The predicted octanol–water partition coefficient (Wildman–Crippen LogP) is 3.49. The Balaban J connectivity index is 2.05. The predicted molar refractivity (Wildman–Crippen MR) is 84.9 cm³/mol. The standard InChI is InChI=1S/C16H18BrNO2/c1-2-15(19)7-8-18-16(20)13-4-3-12-10-14(17)6-5-11(12)9-13/h3-6,9-10,15,19H,2,7-8H2,1H3,(H,18,20). The largest absolute Gasteiger partial charge is 0.393 e. The molecule has 0 bridgehead atoms. The summed E-state index contributed by atoms with van der Waals surface area (Å²) in [6, 6.07) is 11.6. The molecule has 0 saturated carbocycles. The van der Waals surface area contributed by atoms with Gasteiger partial charge in [-0.05, 0) is 47.9 Å². The van der Waals surface area contributed by atoms with Crippen LogP contribution < -0.4 is 5.32 Å². The van der Waals surface area contributed by atoms with Crippen LogP contribution in [-0.2, 0) is 0 Å². The van der Waals surface area contributed by atoms with Crippen LogP contribution in [0.25, 0.3) is 10.8 Å². The molecule has 1 atom stereocenters. The summed E-state index contributed by atoms with van der Waals surface area (Å²) in [4.78, 5) is 12.0. The van der Waals surface area contributed by atoms with Crippen molar-refractivity contribution in [2.24, 2.45) is 0 Å². The Hall–Kier alpha value is -1.39. The number of carbonyl (C=O) groups excluding carboxylic acids is 1. The molecular formula is C16H18BrNO2. The van der Waals surface area contributed by atoms with Crippen LogP contribution in [0.4, 0.5) is 0 Å². The number of benzene rings is 2. The molecule has 1 unspecified atom stereocenters. The van der Waals surface area contributed by atoms with E-state index in [1.165, 1.54) is 0 Å². The van der Waals surface area contributed by atoms with Crippen molar-refractivity contribution in [2.45, 2.75) is 25.9 Å². The van der Waals surface area contributed by atoms with Gasteiger partial charge >= 0.3 is 0 Å². The number of hydrogen-bond donors (Lipinski definition) is 2. The van der Waals surface area contributed by atoms with Crippen molar-refractivity contribution < 1.29 is 9.90 Å². The zero-order valence-corrected chi connectivity index (χ0v) is 13.0. The molecule has 2 aromatic rings. The van der Waals surface area contributed by atoms with E-state index in [4.69, 9.17) is 0 Å². The van der Waals surface area contributed by atoms with E-state index >= 15 is 0 Å². The molecule has 4 heteroatoms. The number of halogens is 1. The van der Waals surface area contributed by atoms with E-state index in [0.717, 1.165) is 15.2 Å². The molecule has 0 aliphatic heterocycles. The van der Waals surface area contributed by atoms with Gasteiger partial charge in [-0.1, -0.05) is 35.0 Å². The summed E-state index contributed by atoms with van der Waals surface area (Å²) in [5, 5.41) is 14.4. The Kier molecular flexibility index (Phi) is 5.15. The quantitative estimate of drug-likeness (QED) is 0.878. The third-order valence-corrected chi connectivity index (χ3v) is 3.79. The first-order chi connectivity index (χ1) is 9.60. The molecule has 2 N–H and O–H groups in total. The summed E-state index contributed by atoms with van der Waals surface area (Å²) >= 11 is 3.43. The molecule has 1 amide bonds. The van der Waals surface area contributed by atoms with E-state index in [1.807, 2.05) is 43.3 Å². The minimum absolute atomic E-state index is 0.0990. The van der Waals surface area contributed by atoms with Gasteiger partial charge < -0.3 is 10.4 Å². The van der Waals surface area contributed by atoms with Crippen LogP contribution in [0.15, 0.2) is 40.9 Å². The number of nitrogens with one attached hydrogen (secondary N) is 1. The highest BCUT2D eigenvalue weighted by molar-refractivity contribution is 9.10. The van der Waals surface area contributed by atoms with E-state index < -0.39 is 0 Å². The van der Waals surface area contributed by atoms with Gasteiger partial charge in [0.25, 0.3) is 5.91 Å². The van der Waals surface area contributed by atoms with Crippen LogP contribution in [0, 0.1) is 0 Å². The molecule has 0 radical (unpaired) electrons. The Bertz CT molecular complexity index is 612. The lowest BCUT2D eigenvalue weighted by Gasteiger charge is -2.09. The van der Waals surface area contributed by atoms with Crippen LogP contribution in [0.1, 0.15) is 30.1 Å². The van der Waals surface area contributed by atoms with Gasteiger partial charge in [0.05, 0.1) is 6.10 Å². The van der Waals surface area contributed by atoms with Crippen molar-refractivity contribution in [3.05, 3.63) is 46.4 Å². The summed E-state index contributed by atoms with van der Waals surface area (Å²) in [5.41, 5.74) is 0.644. The highest BCUT2D eigenvalue weighted by atomic mass is 79.9. The molecule has 0 aromatic heterocycles. The second-order valence-electron chi connectivity index (χ2n) is 4.81. The van der Waals surface area contributed by atoms with Gasteiger partial charge in [0.15, 0.2) is 0 Å². The molecule has 2 rings (SSSR count). The Morgan fingerprint density at radius 3 is 2.70 bits per heavy atom. The van der Waals surface area contributed by atoms with Crippen molar-refractivity contribution in [1.82, 2.24) is 5.32 Å². The van der Waals surface area contributed by atoms with E-state index in [9.17, 15) is 9.90 Å². The summed E-state index contributed by atoms with van der Waals surface area (Å²) < 4.78 is 1.02. The summed E-state index contributed by atoms with van der Waals surface area (Å²) in [6.07, 6.45) is 0.952. The number of fused-ring (bicyclic) bond motifs is 1. The van der Waals surface area contributed by atoms with Gasteiger partial charge in [0.1, 0.15) is 0 Å². The molecule has 0 saturated heterocycles. The van der Waals surface area contributed by atoms with Crippen molar-refractivity contribution in [3.63, 3.8) is 0 Å². The maximum Gasteiger partial charge on any atom is 0.251 e. The van der Waals surface area contributed by atoms with Crippen LogP contribution in [0.3, 0.4) is 0 Å². The number of aliphatic hydroxyl groups excluding tert-OH is 1. The molecule has 0 aliphatic carbocycles. The number of aliphatic hydroxyl groups is 1. The second-order valence-corrected chi connectivity index (χ2v) is 5.73. The number of rotatable bonds is 5. The Labute approximate surface area is 127 Å². The smallest absolute Gasteiger partial charge is 0.251 e. The fourth-order valence-corrected chi connectivity index (χ4v) is 2.40. The summed E-state index contributed by atoms with van der Waals surface area (Å²) in [6.45, 7) is 2.42. The SMILES string of the molecule is CCC(O)CCNC(=O)c1ccc2cc(Br)ccc2c1. The topological polar surface area (TPSA) is 49.3 Å². The number of amides is 1. The lowest BCUT2D eigenvalue weighted by molar-refractivity contribution is 0.0942. The number of hydrogen-bond acceptors (Lipinski definition) is 2. The molecule has 106 valence electrons. The van der Waals surface area contributed by atoms with Gasteiger partial charge in [-0.25, -0.2) is 0 Å². The normalized spacial score (nSPS) is 12.3. The first-order valence-corrected chi connectivity index (χ1v) is 7.55. The highest BCUT2D eigenvalue weighted by Gasteiger charge is 2.07. The Morgan fingerprint density at radius 1 is 1.25 bits per heavy atom. The fourth-order valence-electron chi connectivity index (χ4n) is 2.02. The van der Waals surface area contributed by atoms with Crippen molar-refractivity contribution in [1.29, 1.82) is 0 Å². The average Bonchev–Trinajstić information content (AvgIpc) is 2.46. The van der Waals surface area contributed by atoms with Gasteiger partial charge in [-0.15, -0.1) is 0 Å². The molecule has 20 heavy (non-hydrogen) atoms. The van der Waals surface area contributed by atoms with Gasteiger partial charge in [-0.3, -0.25) is 4.79 Å². The minimum Gasteiger partial charge on any atom is -0.393 e. The van der Waals surface area contributed by atoms with Crippen LogP contribution in [-0.4, -0.2) is 23.7 Å². The van der Waals surface area contributed by atoms with Crippen LogP contribution in [0.5, 0.6) is 0 Å². The molecular weight excluding hydrogens is 318 g/mol. The molecule has 2 aromatic carbocycles. The fraction of sp³-hybridized carbons (Fsp3) is 0.312. The summed E-state index contributed by atoms with van der Waals surface area (Å²) in [5.74, 6) is -0.0990. The average molecular weight is 336 g/mol. The van der Waals surface area contributed by atoms with Crippen molar-refractivity contribution in [3.8, 4) is 0 Å². The van der Waals surface area contributed by atoms with E-state index in [-0.39, 0.29) is 12.0 Å². The lowest BCUT2D eigenvalue weighted by atomic mass is 10.1. The van der Waals surface area contributed by atoms with Crippen molar-refractivity contribution in [2.75, 3.05) is 6.54 Å². The molecule has 0 heterocycles. The maximum atomic E-state index is 12.0. The first kappa shape index (κ1) is 15.0. The van der Waals surface area contributed by atoms with E-state index in [0.29, 0.717) is 24.9 Å². The minimum atomic E-state index is -0.343. The Morgan fingerprint density at radius 2 is 1.95 bits per heavy atom. The monoisotopic (exact) mass is 335 g/mol. The zero-order valence-electron chi connectivity index (χ0n) is 11.4. The van der Waals surface area contributed by atoms with Gasteiger partial charge in [0, 0.05) is 16.6 Å². The summed E-state index contributed by atoms with van der Waals surface area (Å²) in [7, 11) is 0. The van der Waals surface area contributed by atoms with E-state index in [1.54, 1.807) is 0 Å². The van der Waals surface area contributed by atoms with E-state index in [2.05, 4.69) is 21.2 Å². The highest BCUT2D eigenvalue weighted by Crippen LogP contribution is 2.20. The van der Waals surface area contributed by atoms with Gasteiger partial charge in [0.2, 0.25) is 0 Å². The van der Waals surface area contributed by atoms with Crippen LogP contribution >= 0.6 is 15.9 Å². The molecule has 0 aliphatic rings. The lowest BCUT2D eigenvalue weighted by Crippen LogP contribution is -2.26. The zero-order chi connectivity index (χ0) is 14.5. The second kappa shape index (κ2) is 6.86. The molecule has 3 nitrogen and oxygen atoms in total. The third-order valence-electron chi connectivity index (χ3n) is 3.30. The van der Waals surface area contributed by atoms with Crippen molar-refractivity contribution >= 4 is 32.6 Å². The number of carbonyl (C=O) groups is 1. The molecule has 0 spiro atoms. The first-order valence-electron chi connectivity index (χ1n) is 6.75. The van der Waals surface area contributed by atoms with Crippen LogP contribution in [0.2, 0.25) is 0 Å². The third kappa shape index (κ3) is 3.81.